The maximum absolute atomic E-state index is 5.60. The van der Waals surface area contributed by atoms with Crippen LogP contribution in [0.2, 0.25) is 0 Å². The third kappa shape index (κ3) is 7.05. The van der Waals surface area contributed by atoms with Gasteiger partial charge in [-0.2, -0.15) is 0 Å². The second-order valence-electron chi connectivity index (χ2n) is 21.2. The first kappa shape index (κ1) is 46.3. The van der Waals surface area contributed by atoms with Crippen molar-refractivity contribution in [3.63, 3.8) is 0 Å². The molecule has 382 valence electrons. The largest absolute Gasteiger partial charge is 0.309 e. The van der Waals surface area contributed by atoms with Crippen LogP contribution in [0.15, 0.2) is 285 Å². The Morgan fingerprint density at radius 3 is 1.22 bits per heavy atom. The molecule has 0 bridgehead atoms. The molecule has 5 heterocycles. The Hall–Kier alpha value is -10.7. The van der Waals surface area contributed by atoms with E-state index in [1.165, 1.54) is 52.5 Å². The molecule has 5 nitrogen and oxygen atoms in total. The minimum absolute atomic E-state index is 0.662. The van der Waals surface area contributed by atoms with Crippen LogP contribution in [0, 0.1) is 0 Å². The molecule has 17 aromatic rings. The average Bonchev–Trinajstić information content (AvgIpc) is 3.66. The summed E-state index contributed by atoms with van der Waals surface area (Å²) in [5, 5.41) is 9.84. The summed E-state index contributed by atoms with van der Waals surface area (Å²) in [6.07, 6.45) is 0. The van der Waals surface area contributed by atoms with Crippen LogP contribution >= 0.6 is 11.3 Å². The lowest BCUT2D eigenvalue weighted by Gasteiger charge is -2.24. The fourth-order valence-corrected chi connectivity index (χ4v) is 14.4. The van der Waals surface area contributed by atoms with Gasteiger partial charge in [0.15, 0.2) is 5.82 Å². The maximum atomic E-state index is 5.60. The fraction of sp³-hybridized carbons (Fsp3) is 0. The Labute approximate surface area is 476 Å². The first-order chi connectivity index (χ1) is 40.7. The average molecular weight is 1060 g/mol. The van der Waals surface area contributed by atoms with Crippen molar-refractivity contribution >= 4 is 96.9 Å². The van der Waals surface area contributed by atoms with Crippen LogP contribution in [0.5, 0.6) is 0 Å². The normalized spacial score (nSPS) is 11.9. The number of aromatic nitrogens is 5. The third-order valence-corrected chi connectivity index (χ3v) is 17.9. The van der Waals surface area contributed by atoms with Gasteiger partial charge in [0.25, 0.3) is 0 Å². The number of hydrogen-bond donors (Lipinski definition) is 0. The molecule has 17 rings (SSSR count). The van der Waals surface area contributed by atoms with E-state index in [0.717, 1.165) is 100 Å². The first-order valence-corrected chi connectivity index (χ1v) is 28.7. The molecule has 6 heteroatoms. The van der Waals surface area contributed by atoms with E-state index in [1.54, 1.807) is 0 Å². The molecule has 0 saturated heterocycles. The number of thiophene rings is 1. The molecular formula is C76H47N5S. The molecule has 0 spiro atoms. The summed E-state index contributed by atoms with van der Waals surface area (Å²) in [6, 6.07) is 104. The van der Waals surface area contributed by atoms with E-state index in [4.69, 9.17) is 9.97 Å². The van der Waals surface area contributed by atoms with E-state index in [2.05, 4.69) is 293 Å². The van der Waals surface area contributed by atoms with Gasteiger partial charge in [-0.3, -0.25) is 0 Å². The van der Waals surface area contributed by atoms with Crippen LogP contribution in [0.4, 0.5) is 0 Å². The second kappa shape index (κ2) is 18.5. The molecule has 82 heavy (non-hydrogen) atoms. The number of para-hydroxylation sites is 7. The molecule has 0 N–H and O–H groups in total. The molecule has 0 aliphatic rings. The van der Waals surface area contributed by atoms with Crippen molar-refractivity contribution in [3.8, 4) is 73.2 Å². The van der Waals surface area contributed by atoms with Gasteiger partial charge < -0.3 is 13.7 Å². The molecule has 0 aliphatic heterocycles. The van der Waals surface area contributed by atoms with Gasteiger partial charge in [-0.1, -0.05) is 212 Å². The van der Waals surface area contributed by atoms with Gasteiger partial charge >= 0.3 is 0 Å². The van der Waals surface area contributed by atoms with Gasteiger partial charge in [-0.15, -0.1) is 11.3 Å². The lowest BCUT2D eigenvalue weighted by atomic mass is 9.90. The Morgan fingerprint density at radius 2 is 0.683 bits per heavy atom. The van der Waals surface area contributed by atoms with Gasteiger partial charge in [0.2, 0.25) is 0 Å². The molecule has 0 amide bonds. The lowest BCUT2D eigenvalue weighted by molar-refractivity contribution is 1.15. The predicted octanol–water partition coefficient (Wildman–Crippen LogP) is 20.5. The highest BCUT2D eigenvalue weighted by atomic mass is 32.1. The molecule has 5 aromatic heterocycles. The van der Waals surface area contributed by atoms with Crippen molar-refractivity contribution in [2.24, 2.45) is 0 Å². The summed E-state index contributed by atoms with van der Waals surface area (Å²) in [5.41, 5.74) is 18.9. The van der Waals surface area contributed by atoms with Crippen molar-refractivity contribution in [2.75, 3.05) is 0 Å². The lowest BCUT2D eigenvalue weighted by Crippen LogP contribution is -2.06. The first-order valence-electron chi connectivity index (χ1n) is 27.9. The minimum atomic E-state index is 0.662. The second-order valence-corrected chi connectivity index (χ2v) is 22.2. The van der Waals surface area contributed by atoms with E-state index < -0.39 is 0 Å². The van der Waals surface area contributed by atoms with Crippen molar-refractivity contribution < 1.29 is 0 Å². The Morgan fingerprint density at radius 1 is 0.268 bits per heavy atom. The third-order valence-electron chi connectivity index (χ3n) is 16.7. The van der Waals surface area contributed by atoms with Crippen molar-refractivity contribution in [3.05, 3.63) is 285 Å². The Balaban J connectivity index is 1.07. The number of benzene rings is 12. The number of fused-ring (bicyclic) bond motifs is 13. The number of nitrogens with zero attached hydrogens (tertiary/aromatic N) is 5. The zero-order chi connectivity index (χ0) is 53.8. The van der Waals surface area contributed by atoms with Crippen molar-refractivity contribution in [1.29, 1.82) is 0 Å². The van der Waals surface area contributed by atoms with Crippen LogP contribution in [0.25, 0.3) is 159 Å². The Bertz CT molecular complexity index is 5070. The summed E-state index contributed by atoms with van der Waals surface area (Å²) in [7, 11) is 0. The Kier molecular flexibility index (Phi) is 10.4. The number of rotatable bonds is 8. The van der Waals surface area contributed by atoms with Crippen LogP contribution in [0.1, 0.15) is 0 Å². The molecule has 0 radical (unpaired) electrons. The van der Waals surface area contributed by atoms with Gasteiger partial charge in [-0.25, -0.2) is 9.97 Å². The molecule has 0 saturated carbocycles. The van der Waals surface area contributed by atoms with Gasteiger partial charge in [0, 0.05) is 91.4 Å². The number of hydrogen-bond acceptors (Lipinski definition) is 3. The van der Waals surface area contributed by atoms with Crippen LogP contribution in [-0.2, 0) is 0 Å². The monoisotopic (exact) mass is 1060 g/mol. The van der Waals surface area contributed by atoms with Crippen LogP contribution in [0.3, 0.4) is 0 Å². The van der Waals surface area contributed by atoms with E-state index in [9.17, 15) is 0 Å². The highest BCUT2D eigenvalue weighted by Crippen LogP contribution is 2.50. The van der Waals surface area contributed by atoms with E-state index in [-0.39, 0.29) is 0 Å². The molecule has 12 aromatic carbocycles. The SMILES string of the molecule is c1ccc(-c2cc(-c3cc(-c4ccccc4-n4c5ccccc5c5ccccc54)c(-n4c5ccccc5c5c6sc7ccccc7c6ccc54)c(-c4ccccc4-n4c5ccccc5c5ccccc54)c3)nc(-c3ccccc3)n2)cc1. The summed E-state index contributed by atoms with van der Waals surface area (Å²) in [4.78, 5) is 10.9. The van der Waals surface area contributed by atoms with E-state index >= 15 is 0 Å². The molecule has 0 unspecified atom stereocenters. The predicted molar refractivity (Wildman–Crippen MR) is 345 cm³/mol. The molecule has 0 aliphatic carbocycles. The minimum Gasteiger partial charge on any atom is -0.309 e. The van der Waals surface area contributed by atoms with Crippen LogP contribution < -0.4 is 0 Å². The zero-order valence-electron chi connectivity index (χ0n) is 44.3. The van der Waals surface area contributed by atoms with Crippen LogP contribution in [-0.4, -0.2) is 23.7 Å². The molecular weight excluding hydrogens is 1010 g/mol. The standard InChI is InChI=1S/C76H47N5S/c1-3-23-48(24-4-1)62-47-63(78-76(77-62)49-25-5-2-6-26-49)50-45-60(55-31-11-19-39-68(55)79-64-35-15-7-27-51(64)52-28-8-16-36-65(52)79)74(81-70-41-21-13-34-59(70)73-71(81)44-43-58-57-33-14-22-42-72(57)82-75(58)73)61(46-50)56-32-12-20-40-69(56)80-66-37-17-9-29-53(66)54-30-10-18-38-67(54)80/h1-47H. The molecule has 0 fully saturated rings. The quantitative estimate of drug-likeness (QED) is 0.152. The fourth-order valence-electron chi connectivity index (χ4n) is 13.1. The summed E-state index contributed by atoms with van der Waals surface area (Å²) < 4.78 is 10.1. The summed E-state index contributed by atoms with van der Waals surface area (Å²) in [5.74, 6) is 0.662. The highest BCUT2D eigenvalue weighted by Gasteiger charge is 2.28. The summed E-state index contributed by atoms with van der Waals surface area (Å²) >= 11 is 1.89. The van der Waals surface area contributed by atoms with Gasteiger partial charge in [-0.05, 0) is 72.8 Å². The van der Waals surface area contributed by atoms with Gasteiger partial charge in [0.05, 0.1) is 61.6 Å². The van der Waals surface area contributed by atoms with Gasteiger partial charge in [0.1, 0.15) is 0 Å². The van der Waals surface area contributed by atoms with E-state index in [0.29, 0.717) is 5.82 Å². The van der Waals surface area contributed by atoms with Crippen molar-refractivity contribution in [1.82, 2.24) is 23.7 Å². The smallest absolute Gasteiger partial charge is 0.160 e. The maximum Gasteiger partial charge on any atom is 0.160 e. The van der Waals surface area contributed by atoms with E-state index in [1.807, 2.05) is 17.4 Å². The zero-order valence-corrected chi connectivity index (χ0v) is 45.1. The summed E-state index contributed by atoms with van der Waals surface area (Å²) in [6.45, 7) is 0. The van der Waals surface area contributed by atoms with Crippen molar-refractivity contribution in [2.45, 2.75) is 0 Å². The highest BCUT2D eigenvalue weighted by molar-refractivity contribution is 7.26. The topological polar surface area (TPSA) is 40.6 Å². The molecule has 0 atom stereocenters.